The molecule has 0 saturated heterocycles. The Morgan fingerprint density at radius 2 is 1.92 bits per heavy atom. The Morgan fingerprint density at radius 3 is 2.73 bits per heavy atom. The Labute approximate surface area is 154 Å². The molecule has 130 valence electrons. The van der Waals surface area contributed by atoms with Crippen molar-refractivity contribution in [2.75, 3.05) is 0 Å². The van der Waals surface area contributed by atoms with Crippen LogP contribution in [0.1, 0.15) is 23.0 Å². The molecule has 6 nitrogen and oxygen atoms in total. The lowest BCUT2D eigenvalue weighted by molar-refractivity contribution is 0.0994. The van der Waals surface area contributed by atoms with Crippen LogP contribution >= 0.6 is 11.8 Å². The average Bonchev–Trinajstić information content (AvgIpc) is 3.25. The van der Waals surface area contributed by atoms with Gasteiger partial charge in [-0.1, -0.05) is 30.0 Å². The number of pyridine rings is 1. The van der Waals surface area contributed by atoms with E-state index in [-0.39, 0.29) is 11.0 Å². The van der Waals surface area contributed by atoms with Crippen LogP contribution in [0.15, 0.2) is 58.4 Å². The smallest absolute Gasteiger partial charge is 0.277 e. The van der Waals surface area contributed by atoms with Crippen molar-refractivity contribution in [3.05, 3.63) is 60.0 Å². The van der Waals surface area contributed by atoms with Gasteiger partial charge in [-0.3, -0.25) is 9.78 Å². The fourth-order valence-corrected chi connectivity index (χ4v) is 3.61. The van der Waals surface area contributed by atoms with Crippen molar-refractivity contribution in [1.29, 1.82) is 0 Å². The van der Waals surface area contributed by atoms with Crippen molar-refractivity contribution in [3.63, 3.8) is 0 Å². The highest BCUT2D eigenvalue weighted by atomic mass is 32.2. The third kappa shape index (κ3) is 3.01. The monoisotopic (exact) mass is 364 g/mol. The number of benzene rings is 1. The highest BCUT2D eigenvalue weighted by molar-refractivity contribution is 8.00. The Bertz CT molecular complexity index is 1070. The zero-order valence-electron chi connectivity index (χ0n) is 14.3. The lowest BCUT2D eigenvalue weighted by atomic mass is 10.1. The number of aromatic nitrogens is 4. The minimum atomic E-state index is -0.348. The number of nitrogens with one attached hydrogen (secondary N) is 1. The number of hydrogen-bond donors (Lipinski definition) is 1. The molecular weight excluding hydrogens is 348 g/mol. The fourth-order valence-electron chi connectivity index (χ4n) is 2.87. The van der Waals surface area contributed by atoms with Crippen LogP contribution in [0.25, 0.3) is 22.4 Å². The van der Waals surface area contributed by atoms with Gasteiger partial charge in [0, 0.05) is 40.1 Å². The number of thioether (sulfide) groups is 1. The molecule has 0 saturated carbocycles. The number of Topliss-reactive ketones (excluding diaryl/α,β-unsaturated/α-hetero) is 1. The topological polar surface area (TPSA) is 84.7 Å². The number of aromatic amines is 1. The van der Waals surface area contributed by atoms with Gasteiger partial charge in [-0.05, 0) is 32.0 Å². The van der Waals surface area contributed by atoms with Gasteiger partial charge in [-0.25, -0.2) is 0 Å². The maximum Gasteiger partial charge on any atom is 0.277 e. The van der Waals surface area contributed by atoms with Crippen LogP contribution in [0.4, 0.5) is 0 Å². The van der Waals surface area contributed by atoms with E-state index in [4.69, 9.17) is 4.42 Å². The van der Waals surface area contributed by atoms with Gasteiger partial charge < -0.3 is 9.40 Å². The molecule has 3 heterocycles. The van der Waals surface area contributed by atoms with E-state index in [0.29, 0.717) is 11.1 Å². The van der Waals surface area contributed by atoms with E-state index in [2.05, 4.69) is 20.2 Å². The number of hydrogen-bond acceptors (Lipinski definition) is 6. The Morgan fingerprint density at radius 1 is 1.15 bits per heavy atom. The molecule has 0 bridgehead atoms. The second kappa shape index (κ2) is 6.76. The van der Waals surface area contributed by atoms with E-state index in [1.54, 1.807) is 24.5 Å². The van der Waals surface area contributed by atoms with E-state index in [1.807, 2.05) is 38.1 Å². The highest BCUT2D eigenvalue weighted by Gasteiger charge is 2.24. The van der Waals surface area contributed by atoms with Gasteiger partial charge in [0.25, 0.3) is 5.22 Å². The molecule has 4 aromatic rings. The van der Waals surface area contributed by atoms with E-state index in [9.17, 15) is 4.79 Å². The summed E-state index contributed by atoms with van der Waals surface area (Å²) in [6.45, 7) is 3.77. The second-order valence-corrected chi connectivity index (χ2v) is 7.20. The molecule has 0 fully saturated rings. The van der Waals surface area contributed by atoms with Gasteiger partial charge in [-0.15, -0.1) is 10.2 Å². The van der Waals surface area contributed by atoms with Crippen LogP contribution in [-0.4, -0.2) is 31.2 Å². The van der Waals surface area contributed by atoms with E-state index >= 15 is 0 Å². The Kier molecular flexibility index (Phi) is 4.30. The molecule has 1 N–H and O–H groups in total. The van der Waals surface area contributed by atoms with Crippen molar-refractivity contribution < 1.29 is 9.21 Å². The summed E-state index contributed by atoms with van der Waals surface area (Å²) < 4.78 is 5.68. The van der Waals surface area contributed by atoms with Crippen LogP contribution < -0.4 is 0 Å². The molecule has 0 aliphatic carbocycles. The molecule has 0 radical (unpaired) electrons. The summed E-state index contributed by atoms with van der Waals surface area (Å²) in [5.41, 5.74) is 3.34. The first-order valence-corrected chi connectivity index (χ1v) is 9.03. The van der Waals surface area contributed by atoms with Crippen molar-refractivity contribution in [2.24, 2.45) is 0 Å². The van der Waals surface area contributed by atoms with Crippen molar-refractivity contribution >= 4 is 28.4 Å². The number of carbonyl (C=O) groups excluding carboxylic acids is 1. The SMILES string of the molecule is Cc1[nH]c2ccccc2c1C(=O)C(C)Sc1nnc(-c2ccncc2)o1. The number of fused-ring (bicyclic) bond motifs is 1. The van der Waals surface area contributed by atoms with E-state index < -0.39 is 0 Å². The number of aryl methyl sites for hydroxylation is 1. The molecule has 0 aliphatic rings. The van der Waals surface area contributed by atoms with Gasteiger partial charge in [0.1, 0.15) is 0 Å². The second-order valence-electron chi connectivity index (χ2n) is 5.90. The van der Waals surface area contributed by atoms with Gasteiger partial charge >= 0.3 is 0 Å². The molecule has 7 heteroatoms. The summed E-state index contributed by atoms with van der Waals surface area (Å²) in [7, 11) is 0. The van der Waals surface area contributed by atoms with Gasteiger partial charge in [0.15, 0.2) is 5.78 Å². The summed E-state index contributed by atoms with van der Waals surface area (Å²) in [6.07, 6.45) is 3.33. The first kappa shape index (κ1) is 16.5. The van der Waals surface area contributed by atoms with E-state index in [1.165, 1.54) is 11.8 Å². The minimum Gasteiger partial charge on any atom is -0.411 e. The molecule has 0 aliphatic heterocycles. The minimum absolute atomic E-state index is 0.0358. The quantitative estimate of drug-likeness (QED) is 0.420. The fraction of sp³-hybridized carbons (Fsp3) is 0.158. The van der Waals surface area contributed by atoms with Crippen molar-refractivity contribution in [3.8, 4) is 11.5 Å². The molecule has 1 aromatic carbocycles. The summed E-state index contributed by atoms with van der Waals surface area (Å²) in [5.74, 6) is 0.450. The zero-order valence-corrected chi connectivity index (χ0v) is 15.1. The molecule has 1 unspecified atom stereocenters. The van der Waals surface area contributed by atoms with Gasteiger partial charge in [0.2, 0.25) is 5.89 Å². The zero-order chi connectivity index (χ0) is 18.1. The normalized spacial score (nSPS) is 12.4. The first-order chi connectivity index (χ1) is 12.6. The predicted molar refractivity (Wildman–Crippen MR) is 100 cm³/mol. The lowest BCUT2D eigenvalue weighted by Crippen LogP contribution is -2.14. The third-order valence-corrected chi connectivity index (χ3v) is 5.05. The van der Waals surface area contributed by atoms with Crippen LogP contribution in [0.3, 0.4) is 0 Å². The largest absolute Gasteiger partial charge is 0.411 e. The molecule has 0 amide bonds. The lowest BCUT2D eigenvalue weighted by Gasteiger charge is -2.07. The van der Waals surface area contributed by atoms with Gasteiger partial charge in [0.05, 0.1) is 5.25 Å². The first-order valence-electron chi connectivity index (χ1n) is 8.15. The summed E-state index contributed by atoms with van der Waals surface area (Å²) in [6, 6.07) is 11.4. The van der Waals surface area contributed by atoms with E-state index in [0.717, 1.165) is 27.7 Å². The number of carbonyl (C=O) groups is 1. The summed E-state index contributed by atoms with van der Waals surface area (Å²) in [5, 5.41) is 9.05. The molecule has 1 atom stereocenters. The summed E-state index contributed by atoms with van der Waals surface area (Å²) >= 11 is 1.26. The molecule has 3 aromatic heterocycles. The molecule has 26 heavy (non-hydrogen) atoms. The highest BCUT2D eigenvalue weighted by Crippen LogP contribution is 2.30. The van der Waals surface area contributed by atoms with Crippen LogP contribution in [-0.2, 0) is 0 Å². The maximum absolute atomic E-state index is 13.0. The molecule has 4 rings (SSSR count). The number of nitrogens with zero attached hydrogens (tertiary/aromatic N) is 3. The number of ketones is 1. The van der Waals surface area contributed by atoms with Crippen LogP contribution in [0.5, 0.6) is 0 Å². The van der Waals surface area contributed by atoms with Gasteiger partial charge in [-0.2, -0.15) is 0 Å². The summed E-state index contributed by atoms with van der Waals surface area (Å²) in [4.78, 5) is 20.2. The van der Waals surface area contributed by atoms with Crippen LogP contribution in [0, 0.1) is 6.92 Å². The van der Waals surface area contributed by atoms with Crippen molar-refractivity contribution in [1.82, 2.24) is 20.2 Å². The predicted octanol–water partition coefficient (Wildman–Crippen LogP) is 4.28. The molecular formula is C19H16N4O2S. The average molecular weight is 364 g/mol. The maximum atomic E-state index is 13.0. The Hall–Kier alpha value is -2.93. The number of H-pyrrole nitrogens is 1. The molecule has 0 spiro atoms. The standard InChI is InChI=1S/C19H16N4O2S/c1-11-16(14-5-3-4-6-15(14)21-11)17(24)12(2)26-19-23-22-18(25-19)13-7-9-20-10-8-13/h3-10,12,21H,1-2H3. The Balaban J connectivity index is 1.56. The van der Waals surface area contributed by atoms with Crippen molar-refractivity contribution in [2.45, 2.75) is 24.3 Å². The third-order valence-electron chi connectivity index (χ3n) is 4.12. The number of para-hydroxylation sites is 1. The van der Waals surface area contributed by atoms with Crippen LogP contribution in [0.2, 0.25) is 0 Å². The number of rotatable bonds is 5.